The Morgan fingerprint density at radius 2 is 1.83 bits per heavy atom. The highest BCUT2D eigenvalue weighted by molar-refractivity contribution is 5.80. The number of para-hydroxylation sites is 1. The van der Waals surface area contributed by atoms with Gasteiger partial charge in [-0.3, -0.25) is 9.89 Å². The minimum atomic E-state index is 0.500. The molecule has 6 heteroatoms. The third kappa shape index (κ3) is 6.22. The van der Waals surface area contributed by atoms with Crippen LogP contribution in [0.1, 0.15) is 27.2 Å². The molecule has 1 aliphatic heterocycles. The second kappa shape index (κ2) is 11.4. The minimum Gasteiger partial charge on any atom is -0.357 e. The molecule has 1 unspecified atom stereocenters. The first-order valence-electron chi connectivity index (χ1n) is 11.6. The molecule has 0 amide bonds. The molecule has 6 nitrogen and oxygen atoms in total. The molecular weight excluding hydrogens is 372 g/mol. The molecule has 1 atom stereocenters. The van der Waals surface area contributed by atoms with Crippen LogP contribution in [0.4, 0.5) is 0 Å². The molecule has 2 heterocycles. The molecule has 166 valence electrons. The molecule has 0 spiro atoms. The van der Waals surface area contributed by atoms with E-state index in [-0.39, 0.29) is 0 Å². The number of benzene rings is 1. The fraction of sp³-hybridized carbons (Fsp3) is 0.625. The zero-order chi connectivity index (χ0) is 21.3. The predicted octanol–water partition coefficient (Wildman–Crippen LogP) is 2.86. The van der Waals surface area contributed by atoms with Crippen LogP contribution in [0.25, 0.3) is 10.9 Å². The number of nitrogens with zero attached hydrogens (tertiary/aromatic N) is 4. The zero-order valence-corrected chi connectivity index (χ0v) is 19.3. The van der Waals surface area contributed by atoms with Crippen molar-refractivity contribution < 1.29 is 0 Å². The van der Waals surface area contributed by atoms with E-state index >= 15 is 0 Å². The summed E-state index contributed by atoms with van der Waals surface area (Å²) < 4.78 is 2.34. The van der Waals surface area contributed by atoms with E-state index in [4.69, 9.17) is 4.99 Å². The molecule has 3 rings (SSSR count). The van der Waals surface area contributed by atoms with Crippen LogP contribution in [-0.4, -0.2) is 79.2 Å². The van der Waals surface area contributed by atoms with E-state index in [0.717, 1.165) is 64.7 Å². The first kappa shape index (κ1) is 22.6. The Bertz CT molecular complexity index is 788. The van der Waals surface area contributed by atoms with Crippen LogP contribution in [0.15, 0.2) is 41.5 Å². The van der Waals surface area contributed by atoms with Gasteiger partial charge in [-0.2, -0.15) is 0 Å². The number of aryl methyl sites for hydroxylation is 1. The Hall–Kier alpha value is -2.05. The largest absolute Gasteiger partial charge is 0.357 e. The fourth-order valence-corrected chi connectivity index (χ4v) is 4.22. The first-order valence-corrected chi connectivity index (χ1v) is 11.6. The molecule has 1 fully saturated rings. The number of guanidine groups is 1. The molecule has 1 aliphatic rings. The highest BCUT2D eigenvalue weighted by Gasteiger charge is 2.24. The van der Waals surface area contributed by atoms with Gasteiger partial charge in [-0.25, -0.2) is 0 Å². The van der Waals surface area contributed by atoms with Crippen LogP contribution in [0, 0.1) is 5.92 Å². The Morgan fingerprint density at radius 3 is 2.57 bits per heavy atom. The van der Waals surface area contributed by atoms with Crippen molar-refractivity contribution in [1.82, 2.24) is 25.0 Å². The molecule has 2 N–H and O–H groups in total. The number of piperazine rings is 1. The molecule has 30 heavy (non-hydrogen) atoms. The van der Waals surface area contributed by atoms with Crippen molar-refractivity contribution in [3.8, 4) is 0 Å². The van der Waals surface area contributed by atoms with E-state index in [9.17, 15) is 0 Å². The highest BCUT2D eigenvalue weighted by Crippen LogP contribution is 2.15. The van der Waals surface area contributed by atoms with Crippen molar-refractivity contribution in [3.05, 3.63) is 36.5 Å². The molecule has 0 radical (unpaired) electrons. The van der Waals surface area contributed by atoms with Gasteiger partial charge in [-0.1, -0.05) is 32.0 Å². The van der Waals surface area contributed by atoms with Crippen molar-refractivity contribution in [2.24, 2.45) is 10.9 Å². The number of likely N-dealkylation sites (N-methyl/N-ethyl adjacent to an activating group) is 1. The van der Waals surface area contributed by atoms with Crippen LogP contribution in [0.3, 0.4) is 0 Å². The van der Waals surface area contributed by atoms with Gasteiger partial charge in [0.1, 0.15) is 0 Å². The van der Waals surface area contributed by atoms with E-state index in [1.807, 2.05) is 0 Å². The summed E-state index contributed by atoms with van der Waals surface area (Å²) in [6, 6.07) is 11.3. The molecule has 0 saturated carbocycles. The number of fused-ring (bicyclic) bond motifs is 1. The number of rotatable bonds is 9. The second-order valence-electron chi connectivity index (χ2n) is 8.72. The third-order valence-corrected chi connectivity index (χ3v) is 6.11. The Kier molecular flexibility index (Phi) is 8.58. The normalized spacial score (nSPS) is 17.6. The van der Waals surface area contributed by atoms with Crippen molar-refractivity contribution >= 4 is 16.9 Å². The Balaban J connectivity index is 1.50. The summed E-state index contributed by atoms with van der Waals surface area (Å²) >= 11 is 0. The molecule has 1 saturated heterocycles. The van der Waals surface area contributed by atoms with Gasteiger partial charge in [-0.15, -0.1) is 0 Å². The molecular formula is C24H40N6. The monoisotopic (exact) mass is 412 g/mol. The predicted molar refractivity (Wildman–Crippen MR) is 128 cm³/mol. The van der Waals surface area contributed by atoms with E-state index in [1.54, 1.807) is 0 Å². The van der Waals surface area contributed by atoms with E-state index in [0.29, 0.717) is 12.0 Å². The lowest BCUT2D eigenvalue weighted by molar-refractivity contribution is 0.0925. The molecule has 0 bridgehead atoms. The number of hydrogen-bond donors (Lipinski definition) is 2. The number of aromatic nitrogens is 1. The summed E-state index contributed by atoms with van der Waals surface area (Å²) in [5.74, 6) is 1.54. The van der Waals surface area contributed by atoms with Gasteiger partial charge >= 0.3 is 0 Å². The van der Waals surface area contributed by atoms with Crippen molar-refractivity contribution in [3.63, 3.8) is 0 Å². The maximum Gasteiger partial charge on any atom is 0.191 e. The van der Waals surface area contributed by atoms with Crippen LogP contribution < -0.4 is 10.6 Å². The Morgan fingerprint density at radius 1 is 1.07 bits per heavy atom. The summed E-state index contributed by atoms with van der Waals surface area (Å²) in [6.07, 6.45) is 3.25. The second-order valence-corrected chi connectivity index (χ2v) is 8.72. The Labute approximate surface area is 182 Å². The van der Waals surface area contributed by atoms with Crippen LogP contribution in [-0.2, 0) is 6.54 Å². The summed E-state index contributed by atoms with van der Waals surface area (Å²) in [5.41, 5.74) is 1.31. The number of hydrogen-bond acceptors (Lipinski definition) is 3. The first-order chi connectivity index (χ1) is 14.6. The van der Waals surface area contributed by atoms with Crippen LogP contribution in [0.2, 0.25) is 0 Å². The SMILES string of the molecule is CCNC(=NCC(C(C)C)N1CCN(C)CC1)NCCCn1ccc2ccccc21. The summed E-state index contributed by atoms with van der Waals surface area (Å²) in [7, 11) is 2.21. The van der Waals surface area contributed by atoms with Crippen molar-refractivity contribution in [1.29, 1.82) is 0 Å². The highest BCUT2D eigenvalue weighted by atomic mass is 15.3. The van der Waals surface area contributed by atoms with Gasteiger partial charge in [0, 0.05) is 63.6 Å². The van der Waals surface area contributed by atoms with Gasteiger partial charge in [-0.05, 0) is 43.8 Å². The van der Waals surface area contributed by atoms with E-state index < -0.39 is 0 Å². The van der Waals surface area contributed by atoms with Crippen LogP contribution in [0.5, 0.6) is 0 Å². The number of aliphatic imine (C=N–C) groups is 1. The quantitative estimate of drug-likeness (QED) is 0.378. The lowest BCUT2D eigenvalue weighted by atomic mass is 10.0. The van der Waals surface area contributed by atoms with Gasteiger partial charge in [0.15, 0.2) is 5.96 Å². The standard InChI is InChI=1S/C24H40N6/c1-5-25-24(27-19-23(20(2)3)30-17-15-28(4)16-18-30)26-12-8-13-29-14-11-21-9-6-7-10-22(21)29/h6-7,9-11,14,20,23H,5,8,12-13,15-19H2,1-4H3,(H2,25,26,27). The minimum absolute atomic E-state index is 0.500. The molecule has 1 aromatic carbocycles. The van der Waals surface area contributed by atoms with E-state index in [1.165, 1.54) is 10.9 Å². The van der Waals surface area contributed by atoms with Gasteiger partial charge < -0.3 is 20.1 Å². The lowest BCUT2D eigenvalue weighted by Gasteiger charge is -2.39. The summed E-state index contributed by atoms with van der Waals surface area (Å²) in [6.45, 7) is 15.0. The maximum atomic E-state index is 4.95. The third-order valence-electron chi connectivity index (χ3n) is 6.11. The van der Waals surface area contributed by atoms with Gasteiger partial charge in [0.05, 0.1) is 6.54 Å². The molecule has 0 aliphatic carbocycles. The topological polar surface area (TPSA) is 47.8 Å². The smallest absolute Gasteiger partial charge is 0.191 e. The fourth-order valence-electron chi connectivity index (χ4n) is 4.22. The van der Waals surface area contributed by atoms with Gasteiger partial charge in [0.2, 0.25) is 0 Å². The average molecular weight is 413 g/mol. The maximum absolute atomic E-state index is 4.95. The van der Waals surface area contributed by atoms with Crippen molar-refractivity contribution in [2.75, 3.05) is 52.9 Å². The number of nitrogens with one attached hydrogen (secondary N) is 2. The molecule has 1 aromatic heterocycles. The molecule has 2 aromatic rings. The zero-order valence-electron chi connectivity index (χ0n) is 19.3. The average Bonchev–Trinajstić information content (AvgIpc) is 3.15. The summed E-state index contributed by atoms with van der Waals surface area (Å²) in [5, 5.41) is 8.26. The lowest BCUT2D eigenvalue weighted by Crippen LogP contribution is -2.52. The van der Waals surface area contributed by atoms with Crippen molar-refractivity contribution in [2.45, 2.75) is 39.8 Å². The summed E-state index contributed by atoms with van der Waals surface area (Å²) in [4.78, 5) is 9.98. The van der Waals surface area contributed by atoms with Crippen LogP contribution >= 0.6 is 0 Å². The van der Waals surface area contributed by atoms with Gasteiger partial charge in [0.25, 0.3) is 0 Å². The van der Waals surface area contributed by atoms with E-state index in [2.05, 4.69) is 89.3 Å².